The lowest BCUT2D eigenvalue weighted by Gasteiger charge is -2.23. The van der Waals surface area contributed by atoms with E-state index in [1.165, 1.54) is 44.2 Å². The second kappa shape index (κ2) is 8.69. The summed E-state index contributed by atoms with van der Waals surface area (Å²) >= 11 is 0. The fraction of sp³-hybridized carbons (Fsp3) is 0.522. The molecule has 3 rings (SSSR count). The molecule has 1 heterocycles. The monoisotopic (exact) mass is 333 g/mol. The molecule has 0 amide bonds. The molecule has 1 aromatic carbocycles. The summed E-state index contributed by atoms with van der Waals surface area (Å²) < 4.78 is 0. The van der Waals surface area contributed by atoms with E-state index < -0.39 is 0 Å². The molecule has 0 radical (unpaired) electrons. The van der Waals surface area contributed by atoms with Crippen molar-refractivity contribution in [2.75, 3.05) is 0 Å². The first-order valence-electron chi connectivity index (χ1n) is 10.1. The SMILES string of the molecule is C=CCCCC(C)CCCC1Cc2ccccc2C1B1C=NC(C)=C1. The van der Waals surface area contributed by atoms with E-state index in [0.717, 1.165) is 18.3 Å². The van der Waals surface area contributed by atoms with Crippen molar-refractivity contribution < 1.29 is 0 Å². The molecular formula is C23H32BN. The molecule has 132 valence electrons. The lowest BCUT2D eigenvalue weighted by Crippen LogP contribution is -2.26. The van der Waals surface area contributed by atoms with E-state index >= 15 is 0 Å². The van der Waals surface area contributed by atoms with E-state index in [9.17, 15) is 0 Å². The number of hydrogen-bond acceptors (Lipinski definition) is 1. The zero-order valence-electron chi connectivity index (χ0n) is 16.0. The Balaban J connectivity index is 1.59. The lowest BCUT2D eigenvalue weighted by atomic mass is 9.39. The third-order valence-electron chi connectivity index (χ3n) is 6.08. The van der Waals surface area contributed by atoms with Crippen LogP contribution in [0.4, 0.5) is 0 Å². The van der Waals surface area contributed by atoms with E-state index in [1.54, 1.807) is 11.1 Å². The highest BCUT2D eigenvalue weighted by atomic mass is 14.7. The Morgan fingerprint density at radius 1 is 1.28 bits per heavy atom. The largest absolute Gasteiger partial charge is 0.276 e. The summed E-state index contributed by atoms with van der Waals surface area (Å²) in [6.45, 7) is 8.87. The third-order valence-corrected chi connectivity index (χ3v) is 6.08. The number of unbranched alkanes of at least 4 members (excludes halogenated alkanes) is 1. The first-order chi connectivity index (χ1) is 12.2. The van der Waals surface area contributed by atoms with Crippen molar-refractivity contribution >= 4 is 12.8 Å². The summed E-state index contributed by atoms with van der Waals surface area (Å²) in [7, 11) is 0. The quantitative estimate of drug-likeness (QED) is 0.289. The minimum atomic E-state index is 0.499. The van der Waals surface area contributed by atoms with Gasteiger partial charge in [-0.1, -0.05) is 68.9 Å². The molecule has 0 N–H and O–H groups in total. The molecule has 0 fully saturated rings. The average Bonchev–Trinajstić information content (AvgIpc) is 3.18. The average molecular weight is 333 g/mol. The Morgan fingerprint density at radius 2 is 2.08 bits per heavy atom. The maximum absolute atomic E-state index is 4.55. The molecule has 1 aromatic rings. The smallest absolute Gasteiger partial charge is 0.225 e. The molecule has 2 aliphatic rings. The van der Waals surface area contributed by atoms with Gasteiger partial charge in [0.1, 0.15) is 0 Å². The van der Waals surface area contributed by atoms with Gasteiger partial charge in [0.15, 0.2) is 0 Å². The Kier molecular flexibility index (Phi) is 6.34. The van der Waals surface area contributed by atoms with Crippen molar-refractivity contribution in [3.8, 4) is 0 Å². The van der Waals surface area contributed by atoms with Crippen LogP contribution in [0.2, 0.25) is 0 Å². The first-order valence-corrected chi connectivity index (χ1v) is 10.1. The maximum Gasteiger partial charge on any atom is 0.225 e. The van der Waals surface area contributed by atoms with Gasteiger partial charge in [0.25, 0.3) is 0 Å². The summed E-state index contributed by atoms with van der Waals surface area (Å²) in [5.74, 6) is 4.62. The minimum absolute atomic E-state index is 0.499. The fourth-order valence-electron chi connectivity index (χ4n) is 4.76. The van der Waals surface area contributed by atoms with Gasteiger partial charge in [-0.15, -0.1) is 6.58 Å². The zero-order chi connectivity index (χ0) is 17.6. The number of rotatable bonds is 9. The highest BCUT2D eigenvalue weighted by Gasteiger charge is 2.38. The highest BCUT2D eigenvalue weighted by Crippen LogP contribution is 2.43. The number of benzene rings is 1. The van der Waals surface area contributed by atoms with Crippen molar-refractivity contribution in [3.05, 3.63) is 59.7 Å². The van der Waals surface area contributed by atoms with Crippen molar-refractivity contribution in [2.45, 2.75) is 64.6 Å². The van der Waals surface area contributed by atoms with E-state index in [1.807, 2.05) is 6.08 Å². The normalized spacial score (nSPS) is 22.8. The molecule has 25 heavy (non-hydrogen) atoms. The summed E-state index contributed by atoms with van der Waals surface area (Å²) in [6, 6.07) is 9.10. The highest BCUT2D eigenvalue weighted by molar-refractivity contribution is 6.91. The van der Waals surface area contributed by atoms with Gasteiger partial charge in [-0.2, -0.15) is 0 Å². The fourth-order valence-corrected chi connectivity index (χ4v) is 4.76. The van der Waals surface area contributed by atoms with Crippen molar-refractivity contribution in [3.63, 3.8) is 0 Å². The summed E-state index contributed by atoms with van der Waals surface area (Å²) in [6.07, 6.45) is 13.4. The molecule has 2 heteroatoms. The van der Waals surface area contributed by atoms with Crippen LogP contribution >= 0.6 is 0 Å². The van der Waals surface area contributed by atoms with Crippen LogP contribution in [0, 0.1) is 11.8 Å². The zero-order valence-corrected chi connectivity index (χ0v) is 16.0. The Hall–Kier alpha value is -1.57. The van der Waals surface area contributed by atoms with Crippen molar-refractivity contribution in [1.82, 2.24) is 0 Å². The number of aliphatic imine (C=N–C) groups is 1. The van der Waals surface area contributed by atoms with Gasteiger partial charge in [0.05, 0.1) is 0 Å². The van der Waals surface area contributed by atoms with Gasteiger partial charge in [-0.05, 0) is 61.1 Å². The van der Waals surface area contributed by atoms with Crippen LogP contribution in [0.15, 0.2) is 53.6 Å². The van der Waals surface area contributed by atoms with Gasteiger partial charge < -0.3 is 0 Å². The van der Waals surface area contributed by atoms with Crippen LogP contribution in [0.1, 0.15) is 69.3 Å². The number of nitrogens with zero attached hydrogens (tertiary/aromatic N) is 1. The summed E-state index contributed by atoms with van der Waals surface area (Å²) in [5, 5.41) is 0. The van der Waals surface area contributed by atoms with Gasteiger partial charge in [0.2, 0.25) is 6.71 Å². The predicted octanol–water partition coefficient (Wildman–Crippen LogP) is 6.21. The Labute approximate surface area is 154 Å². The van der Waals surface area contributed by atoms with Crippen LogP contribution in [-0.4, -0.2) is 12.8 Å². The van der Waals surface area contributed by atoms with Crippen molar-refractivity contribution in [1.29, 1.82) is 0 Å². The molecule has 1 aliphatic heterocycles. The molecule has 0 saturated heterocycles. The molecule has 0 saturated carbocycles. The van der Waals surface area contributed by atoms with E-state index in [4.69, 9.17) is 0 Å². The molecule has 1 aliphatic carbocycles. The molecule has 0 spiro atoms. The van der Waals surface area contributed by atoms with Crippen LogP contribution < -0.4 is 0 Å². The van der Waals surface area contributed by atoms with E-state index in [2.05, 4.69) is 61.8 Å². The Morgan fingerprint density at radius 3 is 2.84 bits per heavy atom. The van der Waals surface area contributed by atoms with Crippen LogP contribution in [0.25, 0.3) is 0 Å². The molecular weight excluding hydrogens is 301 g/mol. The first kappa shape index (κ1) is 18.2. The van der Waals surface area contributed by atoms with Crippen LogP contribution in [0.5, 0.6) is 0 Å². The second-order valence-corrected chi connectivity index (χ2v) is 8.11. The number of hydrogen-bond donors (Lipinski definition) is 0. The molecule has 1 nitrogen and oxygen atoms in total. The minimum Gasteiger partial charge on any atom is -0.276 e. The summed E-state index contributed by atoms with van der Waals surface area (Å²) in [4.78, 5) is 4.55. The van der Waals surface area contributed by atoms with Gasteiger partial charge >= 0.3 is 0 Å². The second-order valence-electron chi connectivity index (χ2n) is 8.11. The van der Waals surface area contributed by atoms with Crippen LogP contribution in [-0.2, 0) is 6.42 Å². The maximum atomic E-state index is 4.55. The standard InChI is InChI=1S/C23H32BN/c1-4-5-6-10-18(2)11-9-13-21-15-20-12-7-8-14-22(20)23(21)24-16-19(3)25-17-24/h4,7-8,12,14,16-18,21,23H,1,5-6,9-11,13,15H2,2-3H3. The van der Waals surface area contributed by atoms with Gasteiger partial charge in [-0.25, -0.2) is 0 Å². The van der Waals surface area contributed by atoms with E-state index in [0.29, 0.717) is 12.5 Å². The molecule has 0 aromatic heterocycles. The number of allylic oxidation sites excluding steroid dienone is 2. The van der Waals surface area contributed by atoms with Gasteiger partial charge in [-0.3, -0.25) is 4.99 Å². The topological polar surface area (TPSA) is 12.4 Å². The molecule has 3 atom stereocenters. The van der Waals surface area contributed by atoms with Gasteiger partial charge in [0, 0.05) is 5.70 Å². The molecule has 0 bridgehead atoms. The lowest BCUT2D eigenvalue weighted by molar-refractivity contribution is 0.406. The predicted molar refractivity (Wildman–Crippen MR) is 111 cm³/mol. The van der Waals surface area contributed by atoms with E-state index in [-0.39, 0.29) is 0 Å². The van der Waals surface area contributed by atoms with Crippen LogP contribution in [0.3, 0.4) is 0 Å². The third kappa shape index (κ3) is 4.54. The Bertz CT molecular complexity index is 645. The van der Waals surface area contributed by atoms with Crippen molar-refractivity contribution in [2.24, 2.45) is 16.8 Å². The number of fused-ring (bicyclic) bond motifs is 1. The summed E-state index contributed by atoms with van der Waals surface area (Å²) in [5.41, 5.74) is 4.33. The molecule has 3 unspecified atom stereocenters.